The molecule has 0 radical (unpaired) electrons. The third-order valence-corrected chi connectivity index (χ3v) is 6.98. The van der Waals surface area contributed by atoms with Crippen LogP contribution in [0.4, 0.5) is 10.5 Å². The van der Waals surface area contributed by atoms with Crippen molar-refractivity contribution in [3.63, 3.8) is 0 Å². The molecule has 7 heteroatoms. The third kappa shape index (κ3) is 3.61. The highest BCUT2D eigenvalue weighted by atomic mass is 16.6. The molecule has 3 amide bonds. The third-order valence-electron chi connectivity index (χ3n) is 6.98. The molecular weight excluding hydrogens is 406 g/mol. The molecule has 2 bridgehead atoms. The Morgan fingerprint density at radius 3 is 2.41 bits per heavy atom. The molecule has 32 heavy (non-hydrogen) atoms. The minimum atomic E-state index is -0.592. The summed E-state index contributed by atoms with van der Waals surface area (Å²) >= 11 is 0. The number of piperidine rings is 2. The van der Waals surface area contributed by atoms with Crippen LogP contribution >= 0.6 is 0 Å². The fraction of sp³-hybridized carbons (Fsp3) is 0.400. The molecule has 1 aliphatic carbocycles. The van der Waals surface area contributed by atoms with Crippen molar-refractivity contribution in [1.29, 1.82) is 0 Å². The van der Waals surface area contributed by atoms with E-state index >= 15 is 0 Å². The van der Waals surface area contributed by atoms with Crippen molar-refractivity contribution < 1.29 is 19.1 Å². The van der Waals surface area contributed by atoms with Crippen molar-refractivity contribution in [2.45, 2.75) is 56.8 Å². The molecule has 3 aliphatic heterocycles. The van der Waals surface area contributed by atoms with Gasteiger partial charge in [0, 0.05) is 37.3 Å². The number of ether oxygens (including phenoxy) is 1. The second-order valence-corrected chi connectivity index (χ2v) is 9.02. The van der Waals surface area contributed by atoms with Crippen LogP contribution in [0.1, 0.15) is 48.5 Å². The quantitative estimate of drug-likeness (QED) is 0.795. The van der Waals surface area contributed by atoms with E-state index in [0.717, 1.165) is 31.2 Å². The van der Waals surface area contributed by atoms with Gasteiger partial charge in [0.05, 0.1) is 6.04 Å². The molecule has 1 atom stereocenters. The van der Waals surface area contributed by atoms with Gasteiger partial charge in [-0.05, 0) is 55.5 Å². The van der Waals surface area contributed by atoms with Crippen molar-refractivity contribution in [2.75, 3.05) is 11.9 Å². The van der Waals surface area contributed by atoms with Crippen LogP contribution in [0.2, 0.25) is 0 Å². The van der Waals surface area contributed by atoms with Crippen LogP contribution in [0, 0.1) is 0 Å². The van der Waals surface area contributed by atoms with Crippen LogP contribution in [-0.2, 0) is 16.1 Å². The van der Waals surface area contributed by atoms with Gasteiger partial charge in [0.2, 0.25) is 5.91 Å². The fourth-order valence-corrected chi connectivity index (χ4v) is 5.45. The maximum absolute atomic E-state index is 13.6. The topological polar surface area (TPSA) is 79.0 Å². The lowest BCUT2D eigenvalue weighted by molar-refractivity contribution is -0.164. The zero-order valence-electron chi connectivity index (χ0n) is 18.1. The van der Waals surface area contributed by atoms with Crippen molar-refractivity contribution in [1.82, 2.24) is 9.80 Å². The first kappa shape index (κ1) is 20.5. The van der Waals surface area contributed by atoms with E-state index in [4.69, 9.17) is 4.74 Å². The van der Waals surface area contributed by atoms with E-state index in [9.17, 15) is 14.4 Å². The highest BCUT2D eigenvalue weighted by Gasteiger charge is 2.59. The van der Waals surface area contributed by atoms with Crippen LogP contribution < -0.4 is 5.32 Å². The van der Waals surface area contributed by atoms with Gasteiger partial charge in [-0.25, -0.2) is 4.79 Å². The molecular formula is C25H27N3O4. The SMILES string of the molecule is CC(=O)Nc1ccc(C(=O)N2C3CCC4(CC3)OC(=O)N(Cc3ccccc3)CC24)cc1. The maximum atomic E-state index is 13.6. The zero-order chi connectivity index (χ0) is 22.3. The monoisotopic (exact) mass is 433 g/mol. The predicted molar refractivity (Wildman–Crippen MR) is 119 cm³/mol. The van der Waals surface area contributed by atoms with Crippen LogP contribution in [0.25, 0.3) is 0 Å². The summed E-state index contributed by atoms with van der Waals surface area (Å²) in [4.78, 5) is 41.4. The minimum Gasteiger partial charge on any atom is -0.441 e. The van der Waals surface area contributed by atoms with Gasteiger partial charge in [0.15, 0.2) is 0 Å². The van der Waals surface area contributed by atoms with Gasteiger partial charge in [0.1, 0.15) is 5.60 Å². The van der Waals surface area contributed by atoms with Crippen molar-refractivity contribution >= 4 is 23.6 Å². The van der Waals surface area contributed by atoms with Gasteiger partial charge in [-0.2, -0.15) is 0 Å². The summed E-state index contributed by atoms with van der Waals surface area (Å²) in [5, 5.41) is 2.73. The van der Waals surface area contributed by atoms with Crippen LogP contribution in [-0.4, -0.2) is 51.9 Å². The Hall–Kier alpha value is -3.35. The molecule has 3 saturated heterocycles. The lowest BCUT2D eigenvalue weighted by Crippen LogP contribution is -2.73. The molecule has 1 unspecified atom stereocenters. The minimum absolute atomic E-state index is 0.0456. The Morgan fingerprint density at radius 2 is 1.75 bits per heavy atom. The number of hydrogen-bond acceptors (Lipinski definition) is 4. The normalized spacial score (nSPS) is 26.3. The van der Waals surface area contributed by atoms with Crippen molar-refractivity contribution in [3.05, 3.63) is 65.7 Å². The predicted octanol–water partition coefficient (Wildman–Crippen LogP) is 3.80. The fourth-order valence-electron chi connectivity index (χ4n) is 5.45. The molecule has 2 aromatic carbocycles. The lowest BCUT2D eigenvalue weighted by Gasteiger charge is -2.60. The van der Waals surface area contributed by atoms with Gasteiger partial charge < -0.3 is 19.9 Å². The Labute approximate surface area is 187 Å². The molecule has 166 valence electrons. The first-order valence-corrected chi connectivity index (χ1v) is 11.2. The molecule has 1 N–H and O–H groups in total. The highest BCUT2D eigenvalue weighted by molar-refractivity contribution is 5.96. The van der Waals surface area contributed by atoms with Crippen LogP contribution in [0.15, 0.2) is 54.6 Å². The molecule has 0 aromatic heterocycles. The number of benzene rings is 2. The van der Waals surface area contributed by atoms with Gasteiger partial charge in [-0.1, -0.05) is 30.3 Å². The Bertz CT molecular complexity index is 1030. The first-order chi connectivity index (χ1) is 15.4. The molecule has 4 aliphatic rings. The van der Waals surface area contributed by atoms with Crippen LogP contribution in [0.5, 0.6) is 0 Å². The van der Waals surface area contributed by atoms with E-state index in [1.807, 2.05) is 35.2 Å². The summed E-state index contributed by atoms with van der Waals surface area (Å²) in [6, 6.07) is 16.8. The summed E-state index contributed by atoms with van der Waals surface area (Å²) in [6.07, 6.45) is 3.00. The number of carbonyl (C=O) groups is 3. The first-order valence-electron chi connectivity index (χ1n) is 11.2. The van der Waals surface area contributed by atoms with Gasteiger partial charge >= 0.3 is 6.09 Å². The zero-order valence-corrected chi connectivity index (χ0v) is 18.1. The van der Waals surface area contributed by atoms with E-state index in [0.29, 0.717) is 24.3 Å². The number of fused-ring (bicyclic) bond motifs is 2. The second kappa shape index (κ2) is 7.97. The average Bonchev–Trinajstić information content (AvgIpc) is 2.79. The largest absolute Gasteiger partial charge is 0.441 e. The van der Waals surface area contributed by atoms with Gasteiger partial charge in [-0.15, -0.1) is 0 Å². The standard InChI is InChI=1S/C25H27N3O4/c1-17(29)26-20-9-7-19(8-10-20)23(30)28-21-11-13-25(14-12-21)22(28)16-27(24(31)32-25)15-18-5-3-2-4-6-18/h2-10,21-22H,11-16H2,1H3,(H,26,29). The van der Waals surface area contributed by atoms with Crippen molar-refractivity contribution in [3.8, 4) is 0 Å². The number of anilines is 1. The smallest absolute Gasteiger partial charge is 0.410 e. The Kier molecular flexibility index (Phi) is 5.12. The maximum Gasteiger partial charge on any atom is 0.410 e. The molecule has 1 saturated carbocycles. The van der Waals surface area contributed by atoms with Gasteiger partial charge in [0.25, 0.3) is 5.91 Å². The number of amides is 3. The number of hydrogen-bond donors (Lipinski definition) is 1. The van der Waals surface area contributed by atoms with E-state index in [-0.39, 0.29) is 30.0 Å². The second-order valence-electron chi connectivity index (χ2n) is 9.02. The number of rotatable bonds is 4. The van der Waals surface area contributed by atoms with E-state index in [1.54, 1.807) is 29.2 Å². The summed E-state index contributed by atoms with van der Waals surface area (Å²) in [7, 11) is 0. The Balaban J connectivity index is 1.40. The van der Waals surface area contributed by atoms with Crippen LogP contribution in [0.3, 0.4) is 0 Å². The summed E-state index contributed by atoms with van der Waals surface area (Å²) in [5.41, 5.74) is 1.68. The molecule has 1 spiro atoms. The Morgan fingerprint density at radius 1 is 1.06 bits per heavy atom. The van der Waals surface area contributed by atoms with E-state index in [2.05, 4.69) is 5.32 Å². The lowest BCUT2D eigenvalue weighted by atomic mass is 9.69. The molecule has 7 nitrogen and oxygen atoms in total. The summed E-state index contributed by atoms with van der Waals surface area (Å²) < 4.78 is 6.07. The molecule has 6 rings (SSSR count). The number of nitrogens with zero attached hydrogens (tertiary/aromatic N) is 2. The molecule has 2 aromatic rings. The highest BCUT2D eigenvalue weighted by Crippen LogP contribution is 2.48. The van der Waals surface area contributed by atoms with E-state index < -0.39 is 5.60 Å². The number of nitrogens with one attached hydrogen (secondary N) is 1. The van der Waals surface area contributed by atoms with Crippen molar-refractivity contribution in [2.24, 2.45) is 0 Å². The summed E-state index contributed by atoms with van der Waals surface area (Å²) in [6.45, 7) is 2.39. The number of carbonyl (C=O) groups excluding carboxylic acids is 3. The van der Waals surface area contributed by atoms with Gasteiger partial charge in [-0.3, -0.25) is 9.59 Å². The average molecular weight is 434 g/mol. The molecule has 3 heterocycles. The molecule has 4 fully saturated rings. The van der Waals surface area contributed by atoms with E-state index in [1.165, 1.54) is 6.92 Å². The summed E-state index contributed by atoms with van der Waals surface area (Å²) in [5.74, 6) is -0.197.